The van der Waals surface area contributed by atoms with Crippen LogP contribution in [0.15, 0.2) is 48.5 Å². The third-order valence-electron chi connectivity index (χ3n) is 5.06. The minimum Gasteiger partial charge on any atom is -0.341 e. The standard InChI is InChI=1S/C20H20N4S/c1-2-6-16-15(5-1)21-19(22-16)13-24-11-9-14(10-12-24)20-23-17-7-3-4-8-18(17)25-20/h1-8,14H,9-13H2,(H,21,22). The number of piperidine rings is 1. The Morgan fingerprint density at radius 1 is 0.960 bits per heavy atom. The van der Waals surface area contributed by atoms with Crippen molar-refractivity contribution in [1.82, 2.24) is 19.9 Å². The van der Waals surface area contributed by atoms with Crippen molar-refractivity contribution in [3.63, 3.8) is 0 Å². The van der Waals surface area contributed by atoms with E-state index < -0.39 is 0 Å². The van der Waals surface area contributed by atoms with Crippen LogP contribution in [0.4, 0.5) is 0 Å². The molecule has 25 heavy (non-hydrogen) atoms. The molecule has 1 fully saturated rings. The van der Waals surface area contributed by atoms with Gasteiger partial charge in [-0.25, -0.2) is 9.97 Å². The van der Waals surface area contributed by atoms with Crippen LogP contribution in [-0.4, -0.2) is 32.9 Å². The van der Waals surface area contributed by atoms with Gasteiger partial charge in [0.15, 0.2) is 0 Å². The lowest BCUT2D eigenvalue weighted by atomic mass is 9.97. The number of hydrogen-bond donors (Lipinski definition) is 1. The monoisotopic (exact) mass is 348 g/mol. The molecule has 2 aromatic heterocycles. The summed E-state index contributed by atoms with van der Waals surface area (Å²) in [6, 6.07) is 16.7. The molecule has 0 saturated carbocycles. The van der Waals surface area contributed by atoms with Gasteiger partial charge in [-0.1, -0.05) is 24.3 Å². The van der Waals surface area contributed by atoms with E-state index in [2.05, 4.69) is 46.3 Å². The highest BCUT2D eigenvalue weighted by molar-refractivity contribution is 7.18. The molecular weight excluding hydrogens is 328 g/mol. The second kappa shape index (κ2) is 6.24. The van der Waals surface area contributed by atoms with Crippen LogP contribution >= 0.6 is 11.3 Å². The van der Waals surface area contributed by atoms with Crippen molar-refractivity contribution in [3.05, 3.63) is 59.4 Å². The van der Waals surface area contributed by atoms with Gasteiger partial charge in [-0.05, 0) is 50.2 Å². The molecule has 1 saturated heterocycles. The first-order valence-electron chi connectivity index (χ1n) is 8.86. The third-order valence-corrected chi connectivity index (χ3v) is 6.26. The second-order valence-electron chi connectivity index (χ2n) is 6.77. The predicted octanol–water partition coefficient (Wildman–Crippen LogP) is 4.55. The predicted molar refractivity (Wildman–Crippen MR) is 103 cm³/mol. The van der Waals surface area contributed by atoms with Crippen molar-refractivity contribution >= 4 is 32.6 Å². The van der Waals surface area contributed by atoms with Crippen molar-refractivity contribution in [2.24, 2.45) is 0 Å². The van der Waals surface area contributed by atoms with Gasteiger partial charge in [0.1, 0.15) is 5.82 Å². The minimum atomic E-state index is 0.601. The van der Waals surface area contributed by atoms with Gasteiger partial charge in [-0.2, -0.15) is 0 Å². The number of para-hydroxylation sites is 3. The number of fused-ring (bicyclic) bond motifs is 2. The van der Waals surface area contributed by atoms with E-state index in [-0.39, 0.29) is 0 Å². The number of rotatable bonds is 3. The Balaban J connectivity index is 1.26. The average Bonchev–Trinajstić information content (AvgIpc) is 3.25. The molecule has 3 heterocycles. The van der Waals surface area contributed by atoms with Crippen molar-refractivity contribution in [2.75, 3.05) is 13.1 Å². The Labute approximate surface area is 150 Å². The Morgan fingerprint density at radius 3 is 2.52 bits per heavy atom. The highest BCUT2D eigenvalue weighted by Crippen LogP contribution is 2.34. The fourth-order valence-electron chi connectivity index (χ4n) is 3.70. The quantitative estimate of drug-likeness (QED) is 0.591. The van der Waals surface area contributed by atoms with Gasteiger partial charge in [0.05, 0.1) is 32.8 Å². The molecule has 5 rings (SSSR count). The van der Waals surface area contributed by atoms with Crippen LogP contribution < -0.4 is 0 Å². The number of imidazole rings is 1. The number of benzene rings is 2. The summed E-state index contributed by atoms with van der Waals surface area (Å²) in [6.45, 7) is 3.12. The molecule has 0 spiro atoms. The molecule has 0 unspecified atom stereocenters. The fourth-order valence-corrected chi connectivity index (χ4v) is 4.83. The summed E-state index contributed by atoms with van der Waals surface area (Å²) in [4.78, 5) is 15.5. The maximum Gasteiger partial charge on any atom is 0.121 e. The molecule has 1 aliphatic heterocycles. The lowest BCUT2D eigenvalue weighted by molar-refractivity contribution is 0.201. The number of hydrogen-bond acceptors (Lipinski definition) is 4. The van der Waals surface area contributed by atoms with Gasteiger partial charge in [0.2, 0.25) is 0 Å². The molecule has 0 radical (unpaired) electrons. The normalized spacial score (nSPS) is 16.8. The Kier molecular flexibility index (Phi) is 3.76. The van der Waals surface area contributed by atoms with Gasteiger partial charge in [-0.15, -0.1) is 11.3 Å². The average molecular weight is 348 g/mol. The van der Waals surface area contributed by atoms with Crippen LogP contribution in [0.5, 0.6) is 0 Å². The maximum atomic E-state index is 4.86. The lowest BCUT2D eigenvalue weighted by Crippen LogP contribution is -2.32. The first-order valence-corrected chi connectivity index (χ1v) is 9.68. The number of nitrogens with zero attached hydrogens (tertiary/aromatic N) is 3. The topological polar surface area (TPSA) is 44.8 Å². The molecule has 4 aromatic rings. The Morgan fingerprint density at radius 2 is 1.72 bits per heavy atom. The molecule has 0 bridgehead atoms. The van der Waals surface area contributed by atoms with Gasteiger partial charge in [0.25, 0.3) is 0 Å². The molecule has 0 atom stereocenters. The van der Waals surface area contributed by atoms with Gasteiger partial charge < -0.3 is 4.98 Å². The van der Waals surface area contributed by atoms with E-state index in [0.717, 1.165) is 42.0 Å². The summed E-state index contributed by atoms with van der Waals surface area (Å²) in [6.07, 6.45) is 2.36. The number of likely N-dealkylation sites (tertiary alicyclic amines) is 1. The molecule has 0 aliphatic carbocycles. The molecule has 5 heteroatoms. The van der Waals surface area contributed by atoms with Crippen LogP contribution in [0.2, 0.25) is 0 Å². The van der Waals surface area contributed by atoms with E-state index >= 15 is 0 Å². The Hall–Kier alpha value is -2.24. The molecule has 1 N–H and O–H groups in total. The van der Waals surface area contributed by atoms with Crippen LogP contribution in [0, 0.1) is 0 Å². The summed E-state index contributed by atoms with van der Waals surface area (Å²) in [5, 5.41) is 1.31. The molecular formula is C20H20N4S. The zero-order chi connectivity index (χ0) is 16.6. The highest BCUT2D eigenvalue weighted by atomic mass is 32.1. The van der Waals surface area contributed by atoms with Crippen LogP contribution in [0.25, 0.3) is 21.3 Å². The highest BCUT2D eigenvalue weighted by Gasteiger charge is 2.23. The van der Waals surface area contributed by atoms with E-state index in [4.69, 9.17) is 9.97 Å². The van der Waals surface area contributed by atoms with Crippen molar-refractivity contribution in [2.45, 2.75) is 25.3 Å². The zero-order valence-corrected chi connectivity index (χ0v) is 14.8. The lowest BCUT2D eigenvalue weighted by Gasteiger charge is -2.30. The van der Waals surface area contributed by atoms with Gasteiger partial charge >= 0.3 is 0 Å². The fraction of sp³-hybridized carbons (Fsp3) is 0.300. The second-order valence-corrected chi connectivity index (χ2v) is 7.83. The van der Waals surface area contributed by atoms with Crippen molar-refractivity contribution in [3.8, 4) is 0 Å². The number of aromatic nitrogens is 3. The molecule has 2 aromatic carbocycles. The SMILES string of the molecule is c1ccc2[nH]c(CN3CCC(c4nc5ccccc5s4)CC3)nc2c1. The molecule has 4 nitrogen and oxygen atoms in total. The van der Waals surface area contributed by atoms with E-state index in [1.165, 1.54) is 22.5 Å². The van der Waals surface area contributed by atoms with Crippen LogP contribution in [-0.2, 0) is 6.54 Å². The summed E-state index contributed by atoms with van der Waals surface area (Å²) in [5.41, 5.74) is 3.33. The zero-order valence-electron chi connectivity index (χ0n) is 14.0. The Bertz CT molecular complexity index is 945. The summed E-state index contributed by atoms with van der Waals surface area (Å²) in [5.74, 6) is 1.67. The van der Waals surface area contributed by atoms with E-state index in [9.17, 15) is 0 Å². The van der Waals surface area contributed by atoms with Gasteiger partial charge in [-0.3, -0.25) is 4.90 Å². The molecule has 0 amide bonds. The number of thiazole rings is 1. The number of aromatic amines is 1. The summed E-state index contributed by atoms with van der Waals surface area (Å²) in [7, 11) is 0. The maximum absolute atomic E-state index is 4.86. The number of nitrogens with one attached hydrogen (secondary N) is 1. The van der Waals surface area contributed by atoms with E-state index in [1.807, 2.05) is 23.5 Å². The van der Waals surface area contributed by atoms with Crippen LogP contribution in [0.1, 0.15) is 29.6 Å². The number of H-pyrrole nitrogens is 1. The largest absolute Gasteiger partial charge is 0.341 e. The van der Waals surface area contributed by atoms with Gasteiger partial charge in [0, 0.05) is 5.92 Å². The van der Waals surface area contributed by atoms with Crippen molar-refractivity contribution < 1.29 is 0 Å². The summed E-state index contributed by atoms with van der Waals surface area (Å²) >= 11 is 1.86. The first-order chi connectivity index (χ1) is 12.3. The molecule has 126 valence electrons. The third kappa shape index (κ3) is 2.94. The minimum absolute atomic E-state index is 0.601. The first kappa shape index (κ1) is 15.0. The van der Waals surface area contributed by atoms with E-state index in [0.29, 0.717) is 5.92 Å². The van der Waals surface area contributed by atoms with Crippen LogP contribution in [0.3, 0.4) is 0 Å². The summed E-state index contributed by atoms with van der Waals surface area (Å²) < 4.78 is 1.31. The van der Waals surface area contributed by atoms with E-state index in [1.54, 1.807) is 0 Å². The smallest absolute Gasteiger partial charge is 0.121 e. The van der Waals surface area contributed by atoms with Crippen molar-refractivity contribution in [1.29, 1.82) is 0 Å². The molecule has 1 aliphatic rings.